The Kier molecular flexibility index (Phi) is 4.70. The molecular weight excluding hydrogens is 398 g/mol. The van der Waals surface area contributed by atoms with Crippen molar-refractivity contribution in [3.63, 3.8) is 0 Å². The number of hydrogen-bond donors (Lipinski definition) is 1. The number of nitrogen functional groups attached to an aromatic ring is 1. The van der Waals surface area contributed by atoms with E-state index in [4.69, 9.17) is 17.3 Å². The van der Waals surface area contributed by atoms with Gasteiger partial charge in [-0.05, 0) is 23.8 Å². The zero-order chi connectivity index (χ0) is 19.8. The van der Waals surface area contributed by atoms with E-state index in [0.717, 1.165) is 10.4 Å². The van der Waals surface area contributed by atoms with Gasteiger partial charge >= 0.3 is 0 Å². The van der Waals surface area contributed by atoms with Crippen LogP contribution in [0.25, 0.3) is 20.7 Å². The third-order valence-corrected chi connectivity index (χ3v) is 5.44. The molecule has 8 nitrogen and oxygen atoms in total. The summed E-state index contributed by atoms with van der Waals surface area (Å²) < 4.78 is 2.04. The lowest BCUT2D eigenvalue weighted by molar-refractivity contribution is 0.701. The average Bonchev–Trinajstić information content (AvgIpc) is 3.09. The third kappa shape index (κ3) is 3.54. The van der Waals surface area contributed by atoms with Crippen LogP contribution >= 0.6 is 22.9 Å². The molecule has 0 atom stereocenters. The molecule has 0 aliphatic heterocycles. The summed E-state index contributed by atoms with van der Waals surface area (Å²) in [5, 5.41) is 0.666. The second kappa shape index (κ2) is 7.17. The molecule has 0 fully saturated rings. The summed E-state index contributed by atoms with van der Waals surface area (Å²) >= 11 is 7.35. The number of rotatable bonds is 4. The first kappa shape index (κ1) is 18.3. The summed E-state index contributed by atoms with van der Waals surface area (Å²) in [5.74, 6) is 0.941. The van der Waals surface area contributed by atoms with Gasteiger partial charge in [0.05, 0.1) is 18.4 Å². The topological polar surface area (TPSA) is 103 Å². The molecule has 28 heavy (non-hydrogen) atoms. The summed E-state index contributed by atoms with van der Waals surface area (Å²) in [4.78, 5) is 32.6. The van der Waals surface area contributed by atoms with E-state index in [0.29, 0.717) is 27.0 Å². The van der Waals surface area contributed by atoms with Gasteiger partial charge in [0.25, 0.3) is 5.56 Å². The maximum Gasteiger partial charge on any atom is 0.271 e. The fourth-order valence-corrected chi connectivity index (χ4v) is 3.85. The van der Waals surface area contributed by atoms with E-state index in [1.165, 1.54) is 22.2 Å². The zero-order valence-corrected chi connectivity index (χ0v) is 16.7. The van der Waals surface area contributed by atoms with Crippen LogP contribution in [0.15, 0.2) is 41.5 Å². The summed E-state index contributed by atoms with van der Waals surface area (Å²) in [5.41, 5.74) is 7.24. The number of nitrogens with zero attached hydrogens (tertiary/aromatic N) is 6. The molecule has 0 spiro atoms. The Balaban J connectivity index is 1.72. The first-order valence-corrected chi connectivity index (χ1v) is 9.53. The third-order valence-electron chi connectivity index (χ3n) is 4.03. The van der Waals surface area contributed by atoms with Crippen LogP contribution < -0.4 is 16.2 Å². The van der Waals surface area contributed by atoms with Crippen molar-refractivity contribution < 1.29 is 0 Å². The Hall–Kier alpha value is -3.04. The van der Waals surface area contributed by atoms with Gasteiger partial charge in [0.2, 0.25) is 11.9 Å². The molecule has 0 amide bonds. The lowest BCUT2D eigenvalue weighted by atomic mass is 10.2. The SMILES string of the molecule is CN(C)c1nc(N)nc(Cn2cnc3cc(-c4ccc(Cl)cc4)sc3c2=O)n1. The van der Waals surface area contributed by atoms with E-state index >= 15 is 0 Å². The summed E-state index contributed by atoms with van der Waals surface area (Å²) in [6.45, 7) is 0.156. The Labute approximate surface area is 169 Å². The van der Waals surface area contributed by atoms with E-state index in [1.807, 2.05) is 44.4 Å². The molecule has 10 heteroatoms. The minimum Gasteiger partial charge on any atom is -0.368 e. The largest absolute Gasteiger partial charge is 0.368 e. The van der Waals surface area contributed by atoms with Crippen LogP contribution in [-0.2, 0) is 6.54 Å². The summed E-state index contributed by atoms with van der Waals surface area (Å²) in [7, 11) is 3.62. The van der Waals surface area contributed by atoms with Gasteiger partial charge < -0.3 is 10.6 Å². The quantitative estimate of drug-likeness (QED) is 0.548. The molecule has 4 rings (SSSR count). The number of thiophene rings is 1. The average molecular weight is 414 g/mol. The van der Waals surface area contributed by atoms with Crippen molar-refractivity contribution in [3.05, 3.63) is 57.9 Å². The van der Waals surface area contributed by atoms with E-state index in [2.05, 4.69) is 19.9 Å². The van der Waals surface area contributed by atoms with Crippen LogP contribution in [0.2, 0.25) is 5.02 Å². The van der Waals surface area contributed by atoms with Crippen molar-refractivity contribution >= 4 is 45.1 Å². The highest BCUT2D eigenvalue weighted by atomic mass is 35.5. The van der Waals surface area contributed by atoms with Gasteiger partial charge in [0, 0.05) is 24.0 Å². The summed E-state index contributed by atoms with van der Waals surface area (Å²) in [6.07, 6.45) is 1.50. The Morgan fingerprint density at radius 1 is 1.18 bits per heavy atom. The summed E-state index contributed by atoms with van der Waals surface area (Å²) in [6, 6.07) is 9.38. The number of benzene rings is 1. The number of hydrogen-bond acceptors (Lipinski definition) is 8. The van der Waals surface area contributed by atoms with Gasteiger partial charge in [-0.3, -0.25) is 9.36 Å². The van der Waals surface area contributed by atoms with Crippen molar-refractivity contribution in [1.29, 1.82) is 0 Å². The van der Waals surface area contributed by atoms with Crippen molar-refractivity contribution in [2.24, 2.45) is 0 Å². The number of fused-ring (bicyclic) bond motifs is 1. The van der Waals surface area contributed by atoms with Crippen LogP contribution in [0.3, 0.4) is 0 Å². The van der Waals surface area contributed by atoms with E-state index in [-0.39, 0.29) is 18.1 Å². The van der Waals surface area contributed by atoms with Crippen molar-refractivity contribution in [2.75, 3.05) is 24.7 Å². The monoisotopic (exact) mass is 413 g/mol. The predicted octanol–water partition coefficient (Wildman–Crippen LogP) is 2.66. The van der Waals surface area contributed by atoms with Crippen molar-refractivity contribution in [2.45, 2.75) is 6.54 Å². The number of anilines is 2. The van der Waals surface area contributed by atoms with Crippen LogP contribution in [0.4, 0.5) is 11.9 Å². The zero-order valence-electron chi connectivity index (χ0n) is 15.1. The number of aromatic nitrogens is 5. The number of nitrogens with two attached hydrogens (primary N) is 1. The van der Waals surface area contributed by atoms with E-state index in [1.54, 1.807) is 4.90 Å². The van der Waals surface area contributed by atoms with Crippen LogP contribution in [0.5, 0.6) is 0 Å². The highest BCUT2D eigenvalue weighted by Gasteiger charge is 2.13. The van der Waals surface area contributed by atoms with Gasteiger partial charge in [-0.2, -0.15) is 15.0 Å². The fourth-order valence-electron chi connectivity index (χ4n) is 2.66. The lowest BCUT2D eigenvalue weighted by Crippen LogP contribution is -2.23. The van der Waals surface area contributed by atoms with Crippen LogP contribution in [-0.4, -0.2) is 38.6 Å². The molecule has 142 valence electrons. The van der Waals surface area contributed by atoms with Crippen molar-refractivity contribution in [1.82, 2.24) is 24.5 Å². The van der Waals surface area contributed by atoms with Crippen molar-refractivity contribution in [3.8, 4) is 10.4 Å². The van der Waals surface area contributed by atoms with Crippen LogP contribution in [0, 0.1) is 0 Å². The molecule has 3 heterocycles. The lowest BCUT2D eigenvalue weighted by Gasteiger charge is -2.11. The molecule has 0 unspecified atom stereocenters. The molecule has 0 saturated carbocycles. The molecule has 1 aromatic carbocycles. The molecule has 2 N–H and O–H groups in total. The maximum absolute atomic E-state index is 12.9. The molecule has 4 aromatic rings. The Morgan fingerprint density at radius 2 is 1.93 bits per heavy atom. The standard InChI is InChI=1S/C18H16ClN7OS/c1-25(2)18-23-14(22-17(20)24-18)8-26-9-21-12-7-13(28-15(12)16(26)27)10-3-5-11(19)6-4-10/h3-7,9H,8H2,1-2H3,(H2,20,22,23,24). The van der Waals surface area contributed by atoms with Gasteiger partial charge in [-0.25, -0.2) is 4.98 Å². The number of halogens is 1. The molecule has 0 bridgehead atoms. The van der Waals surface area contributed by atoms with Crippen LogP contribution in [0.1, 0.15) is 5.82 Å². The molecule has 3 aromatic heterocycles. The molecule has 0 saturated heterocycles. The Bertz CT molecular complexity index is 1220. The second-order valence-electron chi connectivity index (χ2n) is 6.31. The van der Waals surface area contributed by atoms with Gasteiger partial charge in [-0.1, -0.05) is 23.7 Å². The molecule has 0 aliphatic rings. The smallest absolute Gasteiger partial charge is 0.271 e. The molecular formula is C18H16ClN7OS. The molecule has 0 aliphatic carbocycles. The fraction of sp³-hybridized carbons (Fsp3) is 0.167. The predicted molar refractivity (Wildman–Crippen MR) is 112 cm³/mol. The highest BCUT2D eigenvalue weighted by molar-refractivity contribution is 7.22. The maximum atomic E-state index is 12.9. The van der Waals surface area contributed by atoms with E-state index < -0.39 is 0 Å². The normalized spacial score (nSPS) is 11.1. The Morgan fingerprint density at radius 3 is 2.64 bits per heavy atom. The molecule has 0 radical (unpaired) electrons. The van der Waals surface area contributed by atoms with Gasteiger partial charge in [0.15, 0.2) is 5.82 Å². The minimum absolute atomic E-state index is 0.108. The van der Waals surface area contributed by atoms with Gasteiger partial charge in [0.1, 0.15) is 4.70 Å². The highest BCUT2D eigenvalue weighted by Crippen LogP contribution is 2.31. The second-order valence-corrected chi connectivity index (χ2v) is 7.80. The minimum atomic E-state index is -0.152. The first-order chi connectivity index (χ1) is 13.4. The van der Waals surface area contributed by atoms with Gasteiger partial charge in [-0.15, -0.1) is 11.3 Å². The van der Waals surface area contributed by atoms with E-state index in [9.17, 15) is 4.79 Å². The first-order valence-electron chi connectivity index (χ1n) is 8.33.